The summed E-state index contributed by atoms with van der Waals surface area (Å²) in [6, 6.07) is 9.97. The summed E-state index contributed by atoms with van der Waals surface area (Å²) in [5.74, 6) is 0. The van der Waals surface area contributed by atoms with Crippen molar-refractivity contribution in [2.24, 2.45) is 0 Å². The second-order valence-corrected chi connectivity index (χ2v) is 4.72. The third-order valence-corrected chi connectivity index (χ3v) is 3.30. The van der Waals surface area contributed by atoms with Crippen molar-refractivity contribution in [2.75, 3.05) is 6.54 Å². The Balaban J connectivity index is 1.74. The van der Waals surface area contributed by atoms with Gasteiger partial charge in [-0.3, -0.25) is 4.84 Å². The number of hydrogen-bond donors (Lipinski definition) is 1. The Labute approximate surface area is 108 Å². The molecule has 2 amide bonds. The molecule has 98 valence electrons. The number of benzene rings is 1. The first kappa shape index (κ1) is 12.9. The fraction of sp³-hybridized carbons (Fsp3) is 0.500. The van der Waals surface area contributed by atoms with Crippen molar-refractivity contribution in [3.8, 4) is 0 Å². The largest absolute Gasteiger partial charge is 0.341 e. The smallest absolute Gasteiger partial charge is 0.320 e. The predicted octanol–water partition coefficient (Wildman–Crippen LogP) is 2.70. The number of likely N-dealkylation sites (tertiary alicyclic amines) is 1. The molecule has 18 heavy (non-hydrogen) atoms. The molecular weight excluding hydrogens is 228 g/mol. The molecule has 1 fully saturated rings. The standard InChI is InChI=1S/C14H20N2O2/c1-12-7-5-6-10-16(12)14(17)15-18-11-13-8-3-2-4-9-13/h2-4,8-9,12H,5-7,10-11H2,1H3,(H,15,17)/t12-/m0/s1. The molecule has 0 radical (unpaired) electrons. The molecule has 1 heterocycles. The van der Waals surface area contributed by atoms with Crippen molar-refractivity contribution in [3.05, 3.63) is 35.9 Å². The first-order valence-corrected chi connectivity index (χ1v) is 6.49. The van der Waals surface area contributed by atoms with Crippen molar-refractivity contribution in [1.82, 2.24) is 10.4 Å². The molecular formula is C14H20N2O2. The quantitative estimate of drug-likeness (QED) is 0.836. The van der Waals surface area contributed by atoms with Crippen molar-refractivity contribution in [2.45, 2.75) is 38.8 Å². The van der Waals surface area contributed by atoms with Crippen molar-refractivity contribution >= 4 is 6.03 Å². The minimum Gasteiger partial charge on any atom is -0.320 e. The van der Waals surface area contributed by atoms with E-state index in [0.29, 0.717) is 12.6 Å². The molecule has 0 bridgehead atoms. The molecule has 0 aliphatic carbocycles. The van der Waals surface area contributed by atoms with Crippen LogP contribution in [0.2, 0.25) is 0 Å². The van der Waals surface area contributed by atoms with E-state index in [2.05, 4.69) is 12.4 Å². The van der Waals surface area contributed by atoms with E-state index in [1.165, 1.54) is 6.42 Å². The monoisotopic (exact) mass is 248 g/mol. The normalized spacial score (nSPS) is 19.6. The predicted molar refractivity (Wildman–Crippen MR) is 69.8 cm³/mol. The van der Waals surface area contributed by atoms with Crippen LogP contribution in [0.15, 0.2) is 30.3 Å². The molecule has 0 saturated carbocycles. The van der Waals surface area contributed by atoms with Gasteiger partial charge >= 0.3 is 6.03 Å². The lowest BCUT2D eigenvalue weighted by molar-refractivity contribution is 0.0292. The van der Waals surface area contributed by atoms with Gasteiger partial charge in [0.2, 0.25) is 0 Å². The SMILES string of the molecule is C[C@H]1CCCCN1C(=O)NOCc1ccccc1. The molecule has 2 rings (SSSR count). The zero-order valence-corrected chi connectivity index (χ0v) is 10.8. The highest BCUT2D eigenvalue weighted by atomic mass is 16.7. The van der Waals surface area contributed by atoms with Gasteiger partial charge in [0.1, 0.15) is 0 Å². The first-order valence-electron chi connectivity index (χ1n) is 6.49. The third kappa shape index (κ3) is 3.47. The lowest BCUT2D eigenvalue weighted by atomic mass is 10.0. The number of rotatable bonds is 3. The van der Waals surface area contributed by atoms with Crippen LogP contribution in [-0.4, -0.2) is 23.5 Å². The molecule has 0 unspecified atom stereocenters. The Hall–Kier alpha value is -1.55. The van der Waals surface area contributed by atoms with Crippen LogP contribution in [0.4, 0.5) is 4.79 Å². The van der Waals surface area contributed by atoms with Crippen LogP contribution in [0, 0.1) is 0 Å². The number of hydroxylamine groups is 1. The second-order valence-electron chi connectivity index (χ2n) is 4.72. The minimum atomic E-state index is -0.127. The number of amides is 2. The van der Waals surface area contributed by atoms with Gasteiger partial charge in [0.25, 0.3) is 0 Å². The summed E-state index contributed by atoms with van der Waals surface area (Å²) in [6.07, 6.45) is 3.36. The Bertz CT molecular complexity index is 381. The lowest BCUT2D eigenvalue weighted by Gasteiger charge is -2.32. The third-order valence-electron chi connectivity index (χ3n) is 3.30. The topological polar surface area (TPSA) is 41.6 Å². The maximum absolute atomic E-state index is 11.9. The summed E-state index contributed by atoms with van der Waals surface area (Å²) in [5, 5.41) is 0. The number of hydrogen-bond acceptors (Lipinski definition) is 2. The van der Waals surface area contributed by atoms with Gasteiger partial charge in [0, 0.05) is 12.6 Å². The summed E-state index contributed by atoms with van der Waals surface area (Å²) in [7, 11) is 0. The van der Waals surface area contributed by atoms with Crippen LogP contribution >= 0.6 is 0 Å². The van der Waals surface area contributed by atoms with Crippen LogP contribution in [0.3, 0.4) is 0 Å². The number of nitrogens with zero attached hydrogens (tertiary/aromatic N) is 1. The van der Waals surface area contributed by atoms with E-state index in [1.807, 2.05) is 35.2 Å². The fourth-order valence-corrected chi connectivity index (χ4v) is 2.21. The van der Waals surface area contributed by atoms with E-state index in [1.54, 1.807) is 0 Å². The Morgan fingerprint density at radius 1 is 1.39 bits per heavy atom. The zero-order valence-electron chi connectivity index (χ0n) is 10.8. The average Bonchev–Trinajstić information content (AvgIpc) is 2.40. The van der Waals surface area contributed by atoms with Gasteiger partial charge in [0.05, 0.1) is 6.61 Å². The van der Waals surface area contributed by atoms with E-state index in [4.69, 9.17) is 4.84 Å². The first-order chi connectivity index (χ1) is 8.77. The number of carbonyl (C=O) groups excluding carboxylic acids is 1. The van der Waals surface area contributed by atoms with E-state index in [0.717, 1.165) is 24.9 Å². The number of piperidine rings is 1. The number of carbonyl (C=O) groups is 1. The van der Waals surface area contributed by atoms with Crippen LogP contribution in [0.1, 0.15) is 31.7 Å². The highest BCUT2D eigenvalue weighted by molar-refractivity contribution is 5.73. The molecule has 1 N–H and O–H groups in total. The maximum Gasteiger partial charge on any atom is 0.341 e. The van der Waals surface area contributed by atoms with E-state index < -0.39 is 0 Å². The Morgan fingerprint density at radius 3 is 2.89 bits per heavy atom. The summed E-state index contributed by atoms with van der Waals surface area (Å²) in [6.45, 7) is 3.30. The molecule has 1 atom stereocenters. The average molecular weight is 248 g/mol. The highest BCUT2D eigenvalue weighted by Gasteiger charge is 2.22. The van der Waals surface area contributed by atoms with E-state index in [9.17, 15) is 4.79 Å². The van der Waals surface area contributed by atoms with Crippen molar-refractivity contribution < 1.29 is 9.63 Å². The summed E-state index contributed by atoms with van der Waals surface area (Å²) in [4.78, 5) is 19.0. The van der Waals surface area contributed by atoms with Crippen molar-refractivity contribution in [3.63, 3.8) is 0 Å². The molecule has 1 aliphatic rings. The molecule has 1 aromatic carbocycles. The molecule has 1 aromatic rings. The lowest BCUT2D eigenvalue weighted by Crippen LogP contribution is -2.47. The molecule has 1 aliphatic heterocycles. The van der Waals surface area contributed by atoms with Gasteiger partial charge in [-0.15, -0.1) is 0 Å². The second kappa shape index (κ2) is 6.40. The van der Waals surface area contributed by atoms with Gasteiger partial charge in [0.15, 0.2) is 0 Å². The highest BCUT2D eigenvalue weighted by Crippen LogP contribution is 2.16. The van der Waals surface area contributed by atoms with Gasteiger partial charge < -0.3 is 4.90 Å². The van der Waals surface area contributed by atoms with Crippen LogP contribution in [0.5, 0.6) is 0 Å². The van der Waals surface area contributed by atoms with Crippen LogP contribution < -0.4 is 5.48 Å². The Morgan fingerprint density at radius 2 is 2.17 bits per heavy atom. The van der Waals surface area contributed by atoms with Gasteiger partial charge in [-0.2, -0.15) is 0 Å². The van der Waals surface area contributed by atoms with Crippen LogP contribution in [-0.2, 0) is 11.4 Å². The summed E-state index contributed by atoms with van der Waals surface area (Å²) < 4.78 is 0. The molecule has 4 nitrogen and oxygen atoms in total. The molecule has 0 aromatic heterocycles. The van der Waals surface area contributed by atoms with E-state index in [-0.39, 0.29) is 6.03 Å². The molecule has 0 spiro atoms. The molecule has 4 heteroatoms. The van der Waals surface area contributed by atoms with Crippen LogP contribution in [0.25, 0.3) is 0 Å². The zero-order chi connectivity index (χ0) is 12.8. The number of nitrogens with one attached hydrogen (secondary N) is 1. The Kier molecular flexibility index (Phi) is 4.59. The van der Waals surface area contributed by atoms with Gasteiger partial charge in [-0.1, -0.05) is 30.3 Å². The van der Waals surface area contributed by atoms with Gasteiger partial charge in [-0.25, -0.2) is 10.3 Å². The summed E-state index contributed by atoms with van der Waals surface area (Å²) in [5.41, 5.74) is 3.56. The van der Waals surface area contributed by atoms with Gasteiger partial charge in [-0.05, 0) is 31.7 Å². The minimum absolute atomic E-state index is 0.127. The fourth-order valence-electron chi connectivity index (χ4n) is 2.21. The van der Waals surface area contributed by atoms with Crippen molar-refractivity contribution in [1.29, 1.82) is 0 Å². The molecule has 1 saturated heterocycles. The number of urea groups is 1. The summed E-state index contributed by atoms with van der Waals surface area (Å²) >= 11 is 0. The maximum atomic E-state index is 11.9. The van der Waals surface area contributed by atoms with E-state index >= 15 is 0 Å².